The molecule has 0 spiro atoms. The lowest BCUT2D eigenvalue weighted by Gasteiger charge is -2.19. The zero-order valence-electron chi connectivity index (χ0n) is 14.3. The largest absolute Gasteiger partial charge is 0.591 e. The van der Waals surface area contributed by atoms with Gasteiger partial charge >= 0.3 is 0 Å². The van der Waals surface area contributed by atoms with Crippen LogP contribution >= 0.6 is 0 Å². The van der Waals surface area contributed by atoms with Crippen molar-refractivity contribution in [3.05, 3.63) is 60.9 Å². The van der Waals surface area contributed by atoms with Crippen LogP contribution in [-0.4, -0.2) is 20.0 Å². The fraction of sp³-hybridized carbons (Fsp3) is 0.263. The van der Waals surface area contributed by atoms with E-state index in [9.17, 15) is 4.55 Å². The van der Waals surface area contributed by atoms with E-state index in [2.05, 4.69) is 16.0 Å². The highest BCUT2D eigenvalue weighted by Crippen LogP contribution is 2.26. The number of nitrogen functional groups attached to an aromatic ring is 1. The van der Waals surface area contributed by atoms with Crippen LogP contribution in [0.5, 0.6) is 0 Å². The summed E-state index contributed by atoms with van der Waals surface area (Å²) in [5.74, 6) is 0. The van der Waals surface area contributed by atoms with Crippen molar-refractivity contribution in [2.75, 3.05) is 5.73 Å². The first-order valence-corrected chi connectivity index (χ1v) is 8.85. The second kappa shape index (κ2) is 7.64. The number of benzene rings is 1. The third kappa shape index (κ3) is 4.46. The summed E-state index contributed by atoms with van der Waals surface area (Å²) >= 11 is -1.35. The number of hydrogen-bond donors (Lipinski definition) is 1. The van der Waals surface area contributed by atoms with E-state index in [0.717, 1.165) is 11.1 Å². The van der Waals surface area contributed by atoms with Crippen LogP contribution in [0.25, 0.3) is 11.1 Å². The van der Waals surface area contributed by atoms with Crippen molar-refractivity contribution in [2.24, 2.45) is 4.40 Å². The first-order valence-electron chi connectivity index (χ1n) is 7.74. The summed E-state index contributed by atoms with van der Waals surface area (Å²) in [5, 5.41) is 0. The average Bonchev–Trinajstić information content (AvgIpc) is 2.54. The number of pyridine rings is 1. The molecular formula is C19H23N3OS. The molecule has 126 valence electrons. The van der Waals surface area contributed by atoms with Crippen LogP contribution in [0, 0.1) is 0 Å². The Bertz CT molecular complexity index is 750. The molecule has 0 aliphatic carbocycles. The molecule has 4 nitrogen and oxygen atoms in total. The Balaban J connectivity index is 2.46. The molecule has 1 unspecified atom stereocenters. The summed E-state index contributed by atoms with van der Waals surface area (Å²) in [6, 6.07) is 11.5. The Morgan fingerprint density at radius 2 is 2.04 bits per heavy atom. The standard InChI is InChI=1S/C19H23N3OS/c1-5-8-17(22-24(23)19(2,3)4)18-13-14(11-12-21-18)15-9-6-7-10-16(15)20/h5-7,9-13H,1,8,20H2,2-4H3. The molecule has 0 saturated carbocycles. The Labute approximate surface area is 146 Å². The summed E-state index contributed by atoms with van der Waals surface area (Å²) in [5.41, 5.74) is 10.0. The minimum Gasteiger partial charge on any atom is -0.591 e. The Hall–Kier alpha value is -2.11. The van der Waals surface area contributed by atoms with Gasteiger partial charge in [-0.1, -0.05) is 28.7 Å². The van der Waals surface area contributed by atoms with E-state index in [0.29, 0.717) is 23.5 Å². The monoisotopic (exact) mass is 341 g/mol. The normalized spacial score (nSPS) is 13.6. The van der Waals surface area contributed by atoms with E-state index in [1.807, 2.05) is 57.2 Å². The van der Waals surface area contributed by atoms with Crippen LogP contribution in [0.15, 0.2) is 59.6 Å². The maximum atomic E-state index is 12.4. The summed E-state index contributed by atoms with van der Waals surface area (Å²) in [6.45, 7) is 9.45. The fourth-order valence-electron chi connectivity index (χ4n) is 2.08. The van der Waals surface area contributed by atoms with Crippen molar-refractivity contribution >= 4 is 22.8 Å². The molecule has 24 heavy (non-hydrogen) atoms. The third-order valence-corrected chi connectivity index (χ3v) is 4.82. The van der Waals surface area contributed by atoms with Crippen LogP contribution in [0.4, 0.5) is 5.69 Å². The molecule has 0 radical (unpaired) electrons. The molecular weight excluding hydrogens is 318 g/mol. The fourth-order valence-corrected chi connectivity index (χ4v) is 2.72. The summed E-state index contributed by atoms with van der Waals surface area (Å²) in [6.07, 6.45) is 3.96. The number of hydrogen-bond acceptors (Lipinski definition) is 4. The average molecular weight is 341 g/mol. The zero-order valence-corrected chi connectivity index (χ0v) is 15.1. The summed E-state index contributed by atoms with van der Waals surface area (Å²) in [7, 11) is 0. The van der Waals surface area contributed by atoms with Gasteiger partial charge in [-0.25, -0.2) is 0 Å². The molecule has 0 aliphatic rings. The minimum atomic E-state index is -1.35. The van der Waals surface area contributed by atoms with Gasteiger partial charge in [0, 0.05) is 23.9 Å². The van der Waals surface area contributed by atoms with Gasteiger partial charge in [-0.3, -0.25) is 4.98 Å². The molecule has 1 aromatic carbocycles. The highest BCUT2D eigenvalue weighted by Gasteiger charge is 2.27. The number of para-hydroxylation sites is 1. The van der Waals surface area contributed by atoms with Crippen LogP contribution in [-0.2, 0) is 11.4 Å². The smallest absolute Gasteiger partial charge is 0.144 e. The number of anilines is 1. The number of rotatable bonds is 5. The quantitative estimate of drug-likeness (QED) is 0.384. The third-order valence-electron chi connectivity index (χ3n) is 3.38. The van der Waals surface area contributed by atoms with Gasteiger partial charge in [-0.05, 0) is 44.5 Å². The van der Waals surface area contributed by atoms with E-state index in [4.69, 9.17) is 5.73 Å². The van der Waals surface area contributed by atoms with Gasteiger partial charge in [0.05, 0.1) is 5.69 Å². The van der Waals surface area contributed by atoms with Crippen molar-refractivity contribution in [1.82, 2.24) is 4.98 Å². The molecule has 0 aliphatic heterocycles. The predicted octanol–water partition coefficient (Wildman–Crippen LogP) is 4.16. The molecule has 2 N–H and O–H groups in total. The van der Waals surface area contributed by atoms with Crippen LogP contribution < -0.4 is 5.73 Å². The maximum absolute atomic E-state index is 12.4. The molecule has 0 saturated heterocycles. The number of allylic oxidation sites excluding steroid dienone is 1. The molecule has 0 bridgehead atoms. The summed E-state index contributed by atoms with van der Waals surface area (Å²) < 4.78 is 16.3. The van der Waals surface area contributed by atoms with Gasteiger partial charge < -0.3 is 10.3 Å². The first-order chi connectivity index (χ1) is 11.3. The van der Waals surface area contributed by atoms with Gasteiger partial charge in [0.25, 0.3) is 0 Å². The Morgan fingerprint density at radius 3 is 2.67 bits per heavy atom. The van der Waals surface area contributed by atoms with E-state index in [1.165, 1.54) is 0 Å². The molecule has 1 atom stereocenters. The lowest BCUT2D eigenvalue weighted by atomic mass is 10.0. The molecule has 2 rings (SSSR count). The SMILES string of the molecule is C=CCC(=N[S+]([O-])C(C)(C)C)c1cc(-c2ccccc2N)ccn1. The van der Waals surface area contributed by atoms with Gasteiger partial charge in [-0.15, -0.1) is 6.58 Å². The first kappa shape index (κ1) is 18.2. The molecule has 2 aromatic rings. The molecule has 0 amide bonds. The van der Waals surface area contributed by atoms with Gasteiger partial charge in [0.1, 0.15) is 21.8 Å². The highest BCUT2D eigenvalue weighted by molar-refractivity contribution is 7.91. The number of aromatic nitrogens is 1. The Morgan fingerprint density at radius 1 is 1.33 bits per heavy atom. The summed E-state index contributed by atoms with van der Waals surface area (Å²) in [4.78, 5) is 4.39. The van der Waals surface area contributed by atoms with E-state index < -0.39 is 16.1 Å². The highest BCUT2D eigenvalue weighted by atomic mass is 32.2. The molecule has 0 fully saturated rings. The van der Waals surface area contributed by atoms with E-state index >= 15 is 0 Å². The number of nitrogens with two attached hydrogens (primary N) is 1. The van der Waals surface area contributed by atoms with Gasteiger partial charge in [0.2, 0.25) is 0 Å². The van der Waals surface area contributed by atoms with Gasteiger partial charge in [0.15, 0.2) is 0 Å². The van der Waals surface area contributed by atoms with Crippen LogP contribution in [0.1, 0.15) is 32.9 Å². The minimum absolute atomic E-state index is 0.423. The van der Waals surface area contributed by atoms with E-state index in [1.54, 1.807) is 12.3 Å². The molecule has 1 aromatic heterocycles. The maximum Gasteiger partial charge on any atom is 0.144 e. The van der Waals surface area contributed by atoms with Crippen molar-refractivity contribution in [2.45, 2.75) is 31.9 Å². The number of nitrogens with zero attached hydrogens (tertiary/aromatic N) is 2. The zero-order chi connectivity index (χ0) is 17.7. The lowest BCUT2D eigenvalue weighted by molar-refractivity contribution is 0.561. The van der Waals surface area contributed by atoms with Crippen LogP contribution in [0.2, 0.25) is 0 Å². The van der Waals surface area contributed by atoms with Crippen LogP contribution in [0.3, 0.4) is 0 Å². The van der Waals surface area contributed by atoms with Crippen molar-refractivity contribution in [1.29, 1.82) is 0 Å². The predicted molar refractivity (Wildman–Crippen MR) is 103 cm³/mol. The molecule has 5 heteroatoms. The second-order valence-electron chi connectivity index (χ2n) is 6.41. The lowest BCUT2D eigenvalue weighted by Crippen LogP contribution is -2.27. The topological polar surface area (TPSA) is 74.3 Å². The molecule has 1 heterocycles. The second-order valence-corrected chi connectivity index (χ2v) is 8.31. The van der Waals surface area contributed by atoms with Crippen molar-refractivity contribution in [3.63, 3.8) is 0 Å². The Kier molecular flexibility index (Phi) is 5.80. The van der Waals surface area contributed by atoms with Crippen molar-refractivity contribution in [3.8, 4) is 11.1 Å². The van der Waals surface area contributed by atoms with Crippen molar-refractivity contribution < 1.29 is 4.55 Å². The van der Waals surface area contributed by atoms with E-state index in [-0.39, 0.29) is 0 Å². The van der Waals surface area contributed by atoms with Gasteiger partial charge in [-0.2, -0.15) is 0 Å².